The molecule has 0 aliphatic rings. The molecule has 0 saturated carbocycles. The summed E-state index contributed by atoms with van der Waals surface area (Å²) < 4.78 is 15.1. The Bertz CT molecular complexity index is 597. The summed E-state index contributed by atoms with van der Waals surface area (Å²) >= 11 is 0. The molecule has 18 heavy (non-hydrogen) atoms. The Morgan fingerprint density at radius 3 is 2.50 bits per heavy atom. The number of nitrogens with one attached hydrogen (secondary N) is 1. The second-order valence-corrected chi connectivity index (χ2v) is 3.96. The number of ether oxygens (including phenoxy) is 2. The van der Waals surface area contributed by atoms with Gasteiger partial charge in [0.25, 0.3) is 0 Å². The topological polar surface area (TPSA) is 64.5 Å². The zero-order chi connectivity index (χ0) is 13.1. The molecule has 0 spiro atoms. The van der Waals surface area contributed by atoms with Gasteiger partial charge in [0.1, 0.15) is 0 Å². The smallest absolute Gasteiger partial charge is 0.360 e. The maximum absolute atomic E-state index is 11.5. The molecule has 0 atom stereocenters. The van der Waals surface area contributed by atoms with E-state index in [0.717, 1.165) is 11.3 Å². The van der Waals surface area contributed by atoms with Gasteiger partial charge in [-0.2, -0.15) is 0 Å². The van der Waals surface area contributed by atoms with Crippen molar-refractivity contribution in [2.45, 2.75) is 13.3 Å². The monoisotopic (exact) mass is 249 g/mol. The van der Waals surface area contributed by atoms with Gasteiger partial charge in [-0.05, 0) is 24.6 Å². The lowest BCUT2D eigenvalue weighted by atomic mass is 10.1. The molecule has 0 amide bonds. The molecule has 0 fully saturated rings. The van der Waals surface area contributed by atoms with Gasteiger partial charge in [-0.25, -0.2) is 9.95 Å². The predicted molar refractivity (Wildman–Crippen MR) is 66.4 cm³/mol. The predicted octanol–water partition coefficient (Wildman–Crippen LogP) is 1.88. The van der Waals surface area contributed by atoms with E-state index in [9.17, 15) is 4.79 Å². The number of aromatic amines is 1. The third kappa shape index (κ3) is 2.25. The molecule has 0 aliphatic heterocycles. The Kier molecular flexibility index (Phi) is 3.41. The fraction of sp³-hybridized carbons (Fsp3) is 0.308. The first-order chi connectivity index (χ1) is 8.65. The highest BCUT2D eigenvalue weighted by Gasteiger charge is 2.11. The van der Waals surface area contributed by atoms with E-state index in [-0.39, 0.29) is 5.63 Å². The lowest BCUT2D eigenvalue weighted by molar-refractivity contribution is 0.354. The number of methoxy groups -OCH3 is 2. The molecule has 2 aromatic rings. The van der Waals surface area contributed by atoms with Crippen LogP contribution in [0.4, 0.5) is 0 Å². The summed E-state index contributed by atoms with van der Waals surface area (Å²) in [6.45, 7) is 1.81. The van der Waals surface area contributed by atoms with Crippen LogP contribution in [0.5, 0.6) is 11.5 Å². The molecule has 1 heterocycles. The van der Waals surface area contributed by atoms with Crippen molar-refractivity contribution in [2.24, 2.45) is 0 Å². The number of H-pyrrole nitrogens is 1. The van der Waals surface area contributed by atoms with E-state index in [1.165, 1.54) is 0 Å². The van der Waals surface area contributed by atoms with Crippen LogP contribution in [0.25, 0.3) is 0 Å². The molecule has 1 N–H and O–H groups in total. The first-order valence-corrected chi connectivity index (χ1v) is 5.53. The minimum Gasteiger partial charge on any atom is -0.493 e. The van der Waals surface area contributed by atoms with Crippen LogP contribution in [-0.2, 0) is 6.42 Å². The Balaban J connectivity index is 2.33. The molecular weight excluding hydrogens is 234 g/mol. The average Bonchev–Trinajstić information content (AvgIpc) is 2.70. The van der Waals surface area contributed by atoms with Gasteiger partial charge in [0.05, 0.1) is 25.5 Å². The number of rotatable bonds is 4. The minimum atomic E-state index is -0.331. The molecule has 2 rings (SSSR count). The van der Waals surface area contributed by atoms with E-state index >= 15 is 0 Å². The highest BCUT2D eigenvalue weighted by Crippen LogP contribution is 2.28. The Hall–Kier alpha value is -2.17. The number of hydrogen-bond donors (Lipinski definition) is 1. The van der Waals surface area contributed by atoms with Crippen LogP contribution in [0.1, 0.15) is 16.8 Å². The lowest BCUT2D eigenvalue weighted by Gasteiger charge is -2.08. The normalized spacial score (nSPS) is 10.4. The van der Waals surface area contributed by atoms with Crippen molar-refractivity contribution in [2.75, 3.05) is 14.2 Å². The SMILES string of the molecule is COc1ccc(Cc2c(C)[nH]oc2=O)cc1OC. The molecule has 5 heteroatoms. The summed E-state index contributed by atoms with van der Waals surface area (Å²) in [4.78, 5) is 11.5. The zero-order valence-electron chi connectivity index (χ0n) is 10.6. The van der Waals surface area contributed by atoms with E-state index in [1.54, 1.807) is 21.1 Å². The first-order valence-electron chi connectivity index (χ1n) is 5.53. The average molecular weight is 249 g/mol. The van der Waals surface area contributed by atoms with Gasteiger partial charge in [-0.1, -0.05) is 6.07 Å². The van der Waals surface area contributed by atoms with E-state index < -0.39 is 0 Å². The largest absolute Gasteiger partial charge is 0.493 e. The van der Waals surface area contributed by atoms with Crippen molar-refractivity contribution in [1.29, 1.82) is 0 Å². The van der Waals surface area contributed by atoms with Crippen LogP contribution in [0.15, 0.2) is 27.5 Å². The Labute approximate surface area is 104 Å². The molecule has 1 aromatic carbocycles. The summed E-state index contributed by atoms with van der Waals surface area (Å²) in [6.07, 6.45) is 0.498. The maximum Gasteiger partial charge on any atom is 0.360 e. The second kappa shape index (κ2) is 5.00. The highest BCUT2D eigenvalue weighted by molar-refractivity contribution is 5.44. The summed E-state index contributed by atoms with van der Waals surface area (Å²) in [6, 6.07) is 5.57. The van der Waals surface area contributed by atoms with Gasteiger partial charge >= 0.3 is 5.63 Å². The quantitative estimate of drug-likeness (QED) is 0.898. The molecule has 0 radical (unpaired) electrons. The Morgan fingerprint density at radius 1 is 1.22 bits per heavy atom. The van der Waals surface area contributed by atoms with Crippen LogP contribution in [0.2, 0.25) is 0 Å². The fourth-order valence-electron chi connectivity index (χ4n) is 1.80. The molecular formula is C13H15NO4. The van der Waals surface area contributed by atoms with Crippen LogP contribution >= 0.6 is 0 Å². The van der Waals surface area contributed by atoms with Crippen molar-refractivity contribution < 1.29 is 14.0 Å². The van der Waals surface area contributed by atoms with E-state index in [0.29, 0.717) is 23.5 Å². The third-order valence-electron chi connectivity index (χ3n) is 2.82. The fourth-order valence-corrected chi connectivity index (χ4v) is 1.80. The van der Waals surface area contributed by atoms with E-state index in [4.69, 9.17) is 14.0 Å². The summed E-state index contributed by atoms with van der Waals surface area (Å²) in [5.41, 5.74) is 2.00. The van der Waals surface area contributed by atoms with Gasteiger partial charge in [0.15, 0.2) is 11.5 Å². The number of aryl methyl sites for hydroxylation is 1. The Morgan fingerprint density at radius 2 is 1.94 bits per heavy atom. The van der Waals surface area contributed by atoms with Crippen molar-refractivity contribution in [3.8, 4) is 11.5 Å². The lowest BCUT2D eigenvalue weighted by Crippen LogP contribution is -2.04. The van der Waals surface area contributed by atoms with Crippen molar-refractivity contribution >= 4 is 0 Å². The molecule has 0 bridgehead atoms. The second-order valence-electron chi connectivity index (χ2n) is 3.96. The number of hydrogen-bond acceptors (Lipinski definition) is 4. The van der Waals surface area contributed by atoms with Gasteiger partial charge in [-0.3, -0.25) is 0 Å². The first kappa shape index (κ1) is 12.3. The van der Waals surface area contributed by atoms with Gasteiger partial charge in [0.2, 0.25) is 0 Å². The molecule has 5 nitrogen and oxygen atoms in total. The summed E-state index contributed by atoms with van der Waals surface area (Å²) in [7, 11) is 3.17. The molecule has 0 unspecified atom stereocenters. The van der Waals surface area contributed by atoms with E-state index in [1.807, 2.05) is 18.2 Å². The summed E-state index contributed by atoms with van der Waals surface area (Å²) in [5.74, 6) is 1.31. The molecule has 1 aromatic heterocycles. The van der Waals surface area contributed by atoms with Crippen molar-refractivity contribution in [1.82, 2.24) is 5.16 Å². The third-order valence-corrected chi connectivity index (χ3v) is 2.82. The van der Waals surface area contributed by atoms with Crippen LogP contribution in [0, 0.1) is 6.92 Å². The zero-order valence-corrected chi connectivity index (χ0v) is 10.6. The maximum atomic E-state index is 11.5. The summed E-state index contributed by atoms with van der Waals surface area (Å²) in [5, 5.41) is 2.56. The minimum absolute atomic E-state index is 0.331. The van der Waals surface area contributed by atoms with E-state index in [2.05, 4.69) is 5.16 Å². The number of benzene rings is 1. The van der Waals surface area contributed by atoms with Crippen LogP contribution in [0.3, 0.4) is 0 Å². The standard InChI is InChI=1S/C13H15NO4/c1-8-10(13(15)18-14-8)6-9-4-5-11(16-2)12(7-9)17-3/h4-5,7,14H,6H2,1-3H3. The molecule has 0 aliphatic carbocycles. The molecule has 0 saturated heterocycles. The van der Waals surface area contributed by atoms with Gasteiger partial charge in [0, 0.05) is 6.42 Å². The van der Waals surface area contributed by atoms with Crippen LogP contribution < -0.4 is 15.1 Å². The number of aromatic nitrogens is 1. The van der Waals surface area contributed by atoms with Crippen molar-refractivity contribution in [3.05, 3.63) is 45.4 Å². The van der Waals surface area contributed by atoms with Gasteiger partial charge in [-0.15, -0.1) is 0 Å². The van der Waals surface area contributed by atoms with Crippen LogP contribution in [-0.4, -0.2) is 19.4 Å². The van der Waals surface area contributed by atoms with Gasteiger partial charge < -0.3 is 14.0 Å². The molecule has 96 valence electrons. The van der Waals surface area contributed by atoms with Crippen molar-refractivity contribution in [3.63, 3.8) is 0 Å². The highest BCUT2D eigenvalue weighted by atomic mass is 16.5.